The number of ether oxygens (including phenoxy) is 1. The van der Waals surface area contributed by atoms with Crippen molar-refractivity contribution in [3.63, 3.8) is 0 Å². The van der Waals surface area contributed by atoms with Crippen molar-refractivity contribution in [1.29, 1.82) is 5.26 Å². The van der Waals surface area contributed by atoms with Crippen molar-refractivity contribution in [3.05, 3.63) is 65.9 Å². The monoisotopic (exact) mass is 440 g/mol. The molecule has 1 N–H and O–H groups in total. The quantitative estimate of drug-likeness (QED) is 0.546. The Labute approximate surface area is 182 Å². The Kier molecular flexibility index (Phi) is 6.95. The Hall–Kier alpha value is -3.35. The van der Waals surface area contributed by atoms with Crippen LogP contribution in [0.5, 0.6) is 5.75 Å². The number of hydrogen-bond acceptors (Lipinski definition) is 6. The van der Waals surface area contributed by atoms with Gasteiger partial charge < -0.3 is 15.0 Å². The number of aryl methyl sites for hydroxylation is 1. The standard InChI is InChI=1S/C22H24N4O4S/c1-17-8-9-21(30-2)20(14-17)24-22(27)18(15-23)16-25-10-12-26(13-11-25)31(28,29)19-6-4-3-5-7-19/h3-9,14,16H,10-13H2,1-2H3,(H,24,27)/b18-16-. The van der Waals surface area contributed by atoms with Crippen molar-refractivity contribution >= 4 is 21.6 Å². The number of amides is 1. The third kappa shape index (κ3) is 5.23. The minimum atomic E-state index is -3.56. The Morgan fingerprint density at radius 3 is 2.42 bits per heavy atom. The Bertz CT molecular complexity index is 1120. The van der Waals surface area contributed by atoms with E-state index in [9.17, 15) is 18.5 Å². The SMILES string of the molecule is COc1ccc(C)cc1NC(=O)/C(C#N)=C\N1CCN(S(=O)(=O)c2ccccc2)CC1. The third-order valence-electron chi connectivity index (χ3n) is 4.93. The zero-order valence-electron chi connectivity index (χ0n) is 17.4. The molecule has 0 spiro atoms. The van der Waals surface area contributed by atoms with Gasteiger partial charge in [-0.15, -0.1) is 0 Å². The van der Waals surface area contributed by atoms with Gasteiger partial charge in [0, 0.05) is 32.4 Å². The van der Waals surface area contributed by atoms with Gasteiger partial charge in [-0.3, -0.25) is 4.79 Å². The lowest BCUT2D eigenvalue weighted by Gasteiger charge is -2.33. The van der Waals surface area contributed by atoms with Crippen LogP contribution in [0, 0.1) is 18.3 Å². The summed E-state index contributed by atoms with van der Waals surface area (Å²) in [5, 5.41) is 12.2. The first-order chi connectivity index (χ1) is 14.8. The van der Waals surface area contributed by atoms with Gasteiger partial charge in [0.15, 0.2) is 0 Å². The van der Waals surface area contributed by atoms with Gasteiger partial charge in [-0.05, 0) is 36.8 Å². The van der Waals surface area contributed by atoms with E-state index < -0.39 is 15.9 Å². The van der Waals surface area contributed by atoms with E-state index in [1.54, 1.807) is 47.4 Å². The fourth-order valence-corrected chi connectivity index (χ4v) is 4.69. The van der Waals surface area contributed by atoms with Gasteiger partial charge in [0.05, 0.1) is 17.7 Å². The van der Waals surface area contributed by atoms with Crippen LogP contribution in [0.25, 0.3) is 0 Å². The fourth-order valence-electron chi connectivity index (χ4n) is 3.24. The largest absolute Gasteiger partial charge is 0.495 e. The number of carbonyl (C=O) groups excluding carboxylic acids is 1. The van der Waals surface area contributed by atoms with Crippen LogP contribution >= 0.6 is 0 Å². The molecular formula is C22H24N4O4S. The van der Waals surface area contributed by atoms with E-state index in [4.69, 9.17) is 4.74 Å². The summed E-state index contributed by atoms with van der Waals surface area (Å²) in [5.74, 6) is -0.0540. The Balaban J connectivity index is 1.67. The number of sulfonamides is 1. The van der Waals surface area contributed by atoms with Crippen molar-refractivity contribution in [2.75, 3.05) is 38.6 Å². The van der Waals surface area contributed by atoms with Gasteiger partial charge in [0.2, 0.25) is 10.0 Å². The van der Waals surface area contributed by atoms with Gasteiger partial charge in [-0.2, -0.15) is 9.57 Å². The lowest BCUT2D eigenvalue weighted by atomic mass is 10.2. The number of rotatable bonds is 6. The highest BCUT2D eigenvalue weighted by Gasteiger charge is 2.28. The molecule has 2 aromatic rings. The minimum absolute atomic E-state index is 0.0667. The molecule has 3 rings (SSSR count). The normalized spacial score (nSPS) is 15.3. The van der Waals surface area contributed by atoms with E-state index in [1.807, 2.05) is 19.1 Å². The van der Waals surface area contributed by atoms with Crippen molar-refractivity contribution in [3.8, 4) is 11.8 Å². The zero-order chi connectivity index (χ0) is 22.4. The number of nitrogens with zero attached hydrogens (tertiary/aromatic N) is 3. The van der Waals surface area contributed by atoms with Crippen molar-refractivity contribution in [2.45, 2.75) is 11.8 Å². The van der Waals surface area contributed by atoms with Crippen LogP contribution in [0.4, 0.5) is 5.69 Å². The molecule has 1 aliphatic heterocycles. The van der Waals surface area contributed by atoms with Crippen LogP contribution in [-0.2, 0) is 14.8 Å². The van der Waals surface area contributed by atoms with Crippen molar-refractivity contribution < 1.29 is 17.9 Å². The van der Waals surface area contributed by atoms with Gasteiger partial charge in [0.1, 0.15) is 17.4 Å². The van der Waals surface area contributed by atoms with E-state index in [1.165, 1.54) is 17.6 Å². The summed E-state index contributed by atoms with van der Waals surface area (Å²) < 4.78 is 32.1. The molecule has 1 fully saturated rings. The number of benzene rings is 2. The Morgan fingerprint density at radius 2 is 1.81 bits per heavy atom. The predicted octanol–water partition coefficient (Wildman–Crippen LogP) is 2.36. The lowest BCUT2D eigenvalue weighted by molar-refractivity contribution is -0.112. The summed E-state index contributed by atoms with van der Waals surface area (Å²) in [6.45, 7) is 3.16. The number of anilines is 1. The van der Waals surface area contributed by atoms with E-state index in [-0.39, 0.29) is 23.6 Å². The molecule has 8 nitrogen and oxygen atoms in total. The van der Waals surface area contributed by atoms with E-state index >= 15 is 0 Å². The van der Waals surface area contributed by atoms with Crippen LogP contribution in [0.3, 0.4) is 0 Å². The number of nitriles is 1. The maximum absolute atomic E-state index is 12.7. The molecule has 1 heterocycles. The molecule has 0 aromatic heterocycles. The molecule has 162 valence electrons. The molecule has 1 amide bonds. The number of carbonyl (C=O) groups is 1. The summed E-state index contributed by atoms with van der Waals surface area (Å²) in [4.78, 5) is 14.6. The van der Waals surface area contributed by atoms with Crippen LogP contribution in [-0.4, -0.2) is 56.8 Å². The Morgan fingerprint density at radius 1 is 1.13 bits per heavy atom. The highest BCUT2D eigenvalue weighted by molar-refractivity contribution is 7.89. The smallest absolute Gasteiger partial charge is 0.267 e. The molecule has 0 unspecified atom stereocenters. The van der Waals surface area contributed by atoms with E-state index in [0.717, 1.165) is 5.56 Å². The van der Waals surface area contributed by atoms with Gasteiger partial charge in [-0.25, -0.2) is 8.42 Å². The van der Waals surface area contributed by atoms with Crippen molar-refractivity contribution in [2.24, 2.45) is 0 Å². The topological polar surface area (TPSA) is 103 Å². The molecule has 0 bridgehead atoms. The highest BCUT2D eigenvalue weighted by Crippen LogP contribution is 2.25. The van der Waals surface area contributed by atoms with E-state index in [0.29, 0.717) is 24.5 Å². The third-order valence-corrected chi connectivity index (χ3v) is 6.85. The summed E-state index contributed by atoms with van der Waals surface area (Å²) in [7, 11) is -2.06. The van der Waals surface area contributed by atoms with Crippen LogP contribution in [0.2, 0.25) is 0 Å². The fraction of sp³-hybridized carbons (Fsp3) is 0.273. The van der Waals surface area contributed by atoms with Crippen LogP contribution in [0.1, 0.15) is 5.56 Å². The first kappa shape index (κ1) is 22.3. The second-order valence-corrected chi connectivity index (χ2v) is 9.00. The maximum atomic E-state index is 12.7. The molecule has 1 aliphatic rings. The molecule has 9 heteroatoms. The second kappa shape index (κ2) is 9.64. The second-order valence-electron chi connectivity index (χ2n) is 7.07. The summed E-state index contributed by atoms with van der Waals surface area (Å²) in [6, 6.07) is 15.6. The molecule has 0 atom stereocenters. The van der Waals surface area contributed by atoms with Crippen LogP contribution < -0.4 is 10.1 Å². The van der Waals surface area contributed by atoms with Gasteiger partial charge >= 0.3 is 0 Å². The van der Waals surface area contributed by atoms with Crippen LogP contribution in [0.15, 0.2) is 65.2 Å². The van der Waals surface area contributed by atoms with Crippen molar-refractivity contribution in [1.82, 2.24) is 9.21 Å². The summed E-state index contributed by atoms with van der Waals surface area (Å²) in [5.41, 5.74) is 1.35. The number of methoxy groups -OCH3 is 1. The molecule has 1 saturated heterocycles. The molecule has 31 heavy (non-hydrogen) atoms. The first-order valence-corrected chi connectivity index (χ1v) is 11.2. The summed E-state index contributed by atoms with van der Waals surface area (Å²) in [6.07, 6.45) is 1.48. The molecule has 0 aliphatic carbocycles. The maximum Gasteiger partial charge on any atom is 0.267 e. The predicted molar refractivity (Wildman–Crippen MR) is 117 cm³/mol. The van der Waals surface area contributed by atoms with E-state index in [2.05, 4.69) is 5.32 Å². The zero-order valence-corrected chi connectivity index (χ0v) is 18.2. The number of hydrogen-bond donors (Lipinski definition) is 1. The molecule has 0 saturated carbocycles. The number of nitrogens with one attached hydrogen (secondary N) is 1. The lowest BCUT2D eigenvalue weighted by Crippen LogP contribution is -2.46. The first-order valence-electron chi connectivity index (χ1n) is 9.72. The minimum Gasteiger partial charge on any atom is -0.495 e. The van der Waals surface area contributed by atoms with Gasteiger partial charge in [0.25, 0.3) is 5.91 Å². The average molecular weight is 441 g/mol. The highest BCUT2D eigenvalue weighted by atomic mass is 32.2. The molecular weight excluding hydrogens is 416 g/mol. The number of piperazine rings is 1. The van der Waals surface area contributed by atoms with Gasteiger partial charge in [-0.1, -0.05) is 24.3 Å². The average Bonchev–Trinajstić information content (AvgIpc) is 2.78. The summed E-state index contributed by atoms with van der Waals surface area (Å²) >= 11 is 0. The molecule has 2 aromatic carbocycles. The molecule has 0 radical (unpaired) electrons.